The number of ketones is 1. The Labute approximate surface area is 90.9 Å². The predicted octanol–water partition coefficient (Wildman–Crippen LogP) is 2.60. The van der Waals surface area contributed by atoms with Gasteiger partial charge in [-0.1, -0.05) is 6.07 Å². The Morgan fingerprint density at radius 3 is 2.92 bits per heavy atom. The minimum atomic E-state index is 0.268. The number of anilines is 1. The summed E-state index contributed by atoms with van der Waals surface area (Å²) in [7, 11) is 0. The molecule has 13 heavy (non-hydrogen) atoms. The van der Waals surface area contributed by atoms with E-state index in [1.807, 2.05) is 19.1 Å². The van der Waals surface area contributed by atoms with Crippen molar-refractivity contribution in [3.05, 3.63) is 26.8 Å². The van der Waals surface area contributed by atoms with Gasteiger partial charge in [-0.2, -0.15) is 0 Å². The lowest BCUT2D eigenvalue weighted by Gasteiger charge is -2.20. The van der Waals surface area contributed by atoms with E-state index < -0.39 is 0 Å². The first-order valence-electron chi connectivity index (χ1n) is 4.26. The van der Waals surface area contributed by atoms with Gasteiger partial charge in [-0.25, -0.2) is 0 Å². The average molecular weight is 287 g/mol. The van der Waals surface area contributed by atoms with Gasteiger partial charge in [0.05, 0.1) is 5.69 Å². The first-order valence-corrected chi connectivity index (χ1v) is 5.34. The number of halogens is 1. The molecule has 1 N–H and O–H groups in total. The molecule has 0 radical (unpaired) electrons. The normalized spacial score (nSPS) is 15.1. The van der Waals surface area contributed by atoms with Gasteiger partial charge in [0.2, 0.25) is 0 Å². The molecule has 0 aliphatic carbocycles. The Bertz CT molecular complexity index is 373. The molecule has 0 bridgehead atoms. The fourth-order valence-electron chi connectivity index (χ4n) is 1.64. The molecule has 1 aliphatic heterocycles. The van der Waals surface area contributed by atoms with Crippen LogP contribution >= 0.6 is 22.6 Å². The van der Waals surface area contributed by atoms with Crippen LogP contribution in [0.1, 0.15) is 22.3 Å². The largest absolute Gasteiger partial charge is 0.383 e. The number of carbonyl (C=O) groups is 1. The minimum absolute atomic E-state index is 0.268. The van der Waals surface area contributed by atoms with Crippen LogP contribution in [-0.4, -0.2) is 12.3 Å². The molecule has 0 spiro atoms. The fourth-order valence-corrected chi connectivity index (χ4v) is 2.28. The highest BCUT2D eigenvalue weighted by Crippen LogP contribution is 2.29. The number of Topliss-reactive ketones (excluding diaryl/α,β-unsaturated/α-hetero) is 1. The smallest absolute Gasteiger partial charge is 0.167 e. The lowest BCUT2D eigenvalue weighted by atomic mass is 9.97. The Hall–Kier alpha value is -0.580. The summed E-state index contributed by atoms with van der Waals surface area (Å²) >= 11 is 2.26. The third kappa shape index (κ3) is 1.45. The number of benzene rings is 1. The van der Waals surface area contributed by atoms with E-state index >= 15 is 0 Å². The van der Waals surface area contributed by atoms with Crippen molar-refractivity contribution in [2.24, 2.45) is 0 Å². The van der Waals surface area contributed by atoms with Crippen molar-refractivity contribution in [2.45, 2.75) is 13.3 Å². The molecule has 2 rings (SSSR count). The second-order valence-corrected chi connectivity index (χ2v) is 4.38. The number of rotatable bonds is 0. The first-order chi connectivity index (χ1) is 6.20. The van der Waals surface area contributed by atoms with Gasteiger partial charge >= 0.3 is 0 Å². The van der Waals surface area contributed by atoms with Gasteiger partial charge in [-0.3, -0.25) is 4.79 Å². The molecular weight excluding hydrogens is 277 g/mol. The topological polar surface area (TPSA) is 29.1 Å². The summed E-state index contributed by atoms with van der Waals surface area (Å²) in [5.41, 5.74) is 2.99. The van der Waals surface area contributed by atoms with Crippen LogP contribution in [0.2, 0.25) is 0 Å². The highest BCUT2D eigenvalue weighted by atomic mass is 127. The molecule has 0 fully saturated rings. The van der Waals surface area contributed by atoms with Crippen LogP contribution in [-0.2, 0) is 0 Å². The van der Waals surface area contributed by atoms with Crippen molar-refractivity contribution >= 4 is 34.1 Å². The highest BCUT2D eigenvalue weighted by Gasteiger charge is 2.20. The zero-order chi connectivity index (χ0) is 9.42. The standard InChI is InChI=1S/C10H10INO/c1-6-2-3-7(11)10-9(6)8(13)4-5-12-10/h2-3,12H,4-5H2,1H3. The van der Waals surface area contributed by atoms with Gasteiger partial charge in [0.25, 0.3) is 0 Å². The molecule has 0 unspecified atom stereocenters. The van der Waals surface area contributed by atoms with Crippen molar-refractivity contribution in [2.75, 3.05) is 11.9 Å². The van der Waals surface area contributed by atoms with Crippen molar-refractivity contribution in [1.82, 2.24) is 0 Å². The molecule has 0 aromatic heterocycles. The van der Waals surface area contributed by atoms with Gasteiger partial charge in [0, 0.05) is 22.1 Å². The summed E-state index contributed by atoms with van der Waals surface area (Å²) in [4.78, 5) is 11.6. The van der Waals surface area contributed by atoms with Crippen molar-refractivity contribution in [1.29, 1.82) is 0 Å². The van der Waals surface area contributed by atoms with Crippen LogP contribution in [0.25, 0.3) is 0 Å². The van der Waals surface area contributed by atoms with Gasteiger partial charge in [0.1, 0.15) is 0 Å². The van der Waals surface area contributed by atoms with Crippen LogP contribution in [0.15, 0.2) is 12.1 Å². The molecule has 1 aromatic carbocycles. The molecule has 0 saturated carbocycles. The van der Waals surface area contributed by atoms with E-state index in [0.717, 1.165) is 26.9 Å². The molecule has 1 aromatic rings. The number of hydrogen-bond donors (Lipinski definition) is 1. The zero-order valence-electron chi connectivity index (χ0n) is 7.36. The van der Waals surface area contributed by atoms with Crippen LogP contribution in [0.3, 0.4) is 0 Å². The Morgan fingerprint density at radius 1 is 1.46 bits per heavy atom. The maximum absolute atomic E-state index is 11.6. The molecule has 68 valence electrons. The summed E-state index contributed by atoms with van der Waals surface area (Å²) in [6.45, 7) is 2.76. The van der Waals surface area contributed by atoms with E-state index in [9.17, 15) is 4.79 Å². The summed E-state index contributed by atoms with van der Waals surface area (Å²) in [5, 5.41) is 3.27. The van der Waals surface area contributed by atoms with Crippen LogP contribution in [0.5, 0.6) is 0 Å². The van der Waals surface area contributed by atoms with Gasteiger partial charge in [0.15, 0.2) is 5.78 Å². The van der Waals surface area contributed by atoms with Crippen LogP contribution in [0, 0.1) is 10.5 Å². The van der Waals surface area contributed by atoms with Gasteiger partial charge < -0.3 is 5.32 Å². The summed E-state index contributed by atoms with van der Waals surface area (Å²) < 4.78 is 1.13. The Morgan fingerprint density at radius 2 is 2.23 bits per heavy atom. The lowest BCUT2D eigenvalue weighted by molar-refractivity contribution is 0.0983. The molecule has 3 heteroatoms. The van der Waals surface area contributed by atoms with E-state index in [1.54, 1.807) is 0 Å². The number of fused-ring (bicyclic) bond motifs is 1. The van der Waals surface area contributed by atoms with Gasteiger partial charge in [-0.15, -0.1) is 0 Å². The maximum Gasteiger partial charge on any atom is 0.167 e. The number of carbonyl (C=O) groups excluding carboxylic acids is 1. The number of aryl methyl sites for hydroxylation is 1. The van der Waals surface area contributed by atoms with Crippen molar-refractivity contribution in [3.8, 4) is 0 Å². The third-order valence-corrected chi connectivity index (χ3v) is 3.19. The first kappa shape index (κ1) is 8.99. The quantitative estimate of drug-likeness (QED) is 0.743. The van der Waals surface area contributed by atoms with E-state index in [1.165, 1.54) is 0 Å². The van der Waals surface area contributed by atoms with Gasteiger partial charge in [-0.05, 0) is 41.1 Å². The predicted molar refractivity (Wildman–Crippen MR) is 61.3 cm³/mol. The monoisotopic (exact) mass is 287 g/mol. The average Bonchev–Trinajstić information content (AvgIpc) is 2.12. The van der Waals surface area contributed by atoms with Crippen LogP contribution < -0.4 is 5.32 Å². The molecule has 1 heterocycles. The number of hydrogen-bond acceptors (Lipinski definition) is 2. The van der Waals surface area contributed by atoms with E-state index in [2.05, 4.69) is 27.9 Å². The van der Waals surface area contributed by atoms with Crippen molar-refractivity contribution < 1.29 is 4.79 Å². The third-order valence-electron chi connectivity index (χ3n) is 2.30. The Kier molecular flexibility index (Phi) is 2.27. The summed E-state index contributed by atoms with van der Waals surface area (Å²) in [6.07, 6.45) is 0.619. The summed E-state index contributed by atoms with van der Waals surface area (Å²) in [6, 6.07) is 4.05. The zero-order valence-corrected chi connectivity index (χ0v) is 9.51. The van der Waals surface area contributed by atoms with E-state index in [4.69, 9.17) is 0 Å². The summed E-state index contributed by atoms with van der Waals surface area (Å²) in [5.74, 6) is 0.268. The lowest BCUT2D eigenvalue weighted by Crippen LogP contribution is -2.20. The Balaban J connectivity index is 2.67. The molecule has 0 saturated heterocycles. The SMILES string of the molecule is Cc1ccc(I)c2c1C(=O)CCN2. The van der Waals surface area contributed by atoms with E-state index in [-0.39, 0.29) is 5.78 Å². The second-order valence-electron chi connectivity index (χ2n) is 3.21. The maximum atomic E-state index is 11.6. The van der Waals surface area contributed by atoms with E-state index in [0.29, 0.717) is 6.42 Å². The molecular formula is C10H10INO. The molecule has 1 aliphatic rings. The molecule has 0 atom stereocenters. The molecule has 0 amide bonds. The fraction of sp³-hybridized carbons (Fsp3) is 0.300. The minimum Gasteiger partial charge on any atom is -0.383 e. The van der Waals surface area contributed by atoms with Crippen LogP contribution in [0.4, 0.5) is 5.69 Å². The second kappa shape index (κ2) is 3.29. The van der Waals surface area contributed by atoms with Crippen molar-refractivity contribution in [3.63, 3.8) is 0 Å². The molecule has 2 nitrogen and oxygen atoms in total. The number of nitrogens with one attached hydrogen (secondary N) is 1. The highest BCUT2D eigenvalue weighted by molar-refractivity contribution is 14.1.